The molecule has 0 aliphatic rings. The number of sulfonamides is 1. The molecule has 2 rings (SSSR count). The number of methoxy groups -OCH3 is 1. The maximum Gasteiger partial charge on any atom is 0.265 e. The molecule has 0 saturated heterocycles. The SMILES string of the molecule is COc1ccc(NS(=O)(=O)c2cc(Br)cnc2Cl)cn1. The van der Waals surface area contributed by atoms with E-state index in [9.17, 15) is 8.42 Å². The number of ether oxygens (including phenoxy) is 1. The van der Waals surface area contributed by atoms with Crippen molar-refractivity contribution in [3.05, 3.63) is 40.2 Å². The average molecular weight is 379 g/mol. The lowest BCUT2D eigenvalue weighted by Gasteiger charge is -2.09. The van der Waals surface area contributed by atoms with Crippen LogP contribution in [-0.2, 0) is 10.0 Å². The first-order valence-electron chi connectivity index (χ1n) is 5.26. The second-order valence-electron chi connectivity index (χ2n) is 3.64. The number of nitrogens with zero attached hydrogens (tertiary/aromatic N) is 2. The molecule has 0 amide bonds. The van der Waals surface area contributed by atoms with Crippen LogP contribution in [0.4, 0.5) is 5.69 Å². The van der Waals surface area contributed by atoms with Gasteiger partial charge >= 0.3 is 0 Å². The highest BCUT2D eigenvalue weighted by Gasteiger charge is 2.19. The molecule has 2 heterocycles. The number of aromatic nitrogens is 2. The van der Waals surface area contributed by atoms with Gasteiger partial charge in [-0.25, -0.2) is 18.4 Å². The number of rotatable bonds is 4. The van der Waals surface area contributed by atoms with E-state index in [0.29, 0.717) is 16.0 Å². The Kier molecular flexibility index (Phi) is 4.46. The molecule has 0 saturated carbocycles. The Balaban J connectivity index is 2.32. The van der Waals surface area contributed by atoms with E-state index in [1.807, 2.05) is 0 Å². The Morgan fingerprint density at radius 2 is 2.05 bits per heavy atom. The van der Waals surface area contributed by atoms with Crippen LogP contribution in [0.15, 0.2) is 40.0 Å². The zero-order valence-corrected chi connectivity index (χ0v) is 13.3. The molecule has 0 aliphatic heterocycles. The first kappa shape index (κ1) is 15.0. The summed E-state index contributed by atoms with van der Waals surface area (Å²) in [6, 6.07) is 4.44. The van der Waals surface area contributed by atoms with Crippen molar-refractivity contribution in [3.8, 4) is 5.88 Å². The van der Waals surface area contributed by atoms with Gasteiger partial charge in [-0.2, -0.15) is 0 Å². The minimum Gasteiger partial charge on any atom is -0.481 e. The molecule has 9 heteroatoms. The van der Waals surface area contributed by atoms with Gasteiger partial charge < -0.3 is 4.74 Å². The van der Waals surface area contributed by atoms with E-state index in [1.54, 1.807) is 6.07 Å². The fourth-order valence-corrected chi connectivity index (χ4v) is 3.35. The summed E-state index contributed by atoms with van der Waals surface area (Å²) in [5.74, 6) is 0.384. The fraction of sp³-hybridized carbons (Fsp3) is 0.0909. The highest BCUT2D eigenvalue weighted by molar-refractivity contribution is 9.10. The lowest BCUT2D eigenvalue weighted by molar-refractivity contribution is 0.398. The van der Waals surface area contributed by atoms with E-state index < -0.39 is 10.0 Å². The van der Waals surface area contributed by atoms with E-state index in [2.05, 4.69) is 30.6 Å². The van der Waals surface area contributed by atoms with E-state index in [1.165, 1.54) is 31.6 Å². The molecule has 0 bridgehead atoms. The number of nitrogens with one attached hydrogen (secondary N) is 1. The third-order valence-corrected chi connectivity index (χ3v) is 4.50. The van der Waals surface area contributed by atoms with Gasteiger partial charge in [-0.15, -0.1) is 0 Å². The maximum absolute atomic E-state index is 12.2. The van der Waals surface area contributed by atoms with E-state index >= 15 is 0 Å². The van der Waals surface area contributed by atoms with Crippen LogP contribution >= 0.6 is 27.5 Å². The average Bonchev–Trinajstić information content (AvgIpc) is 2.42. The van der Waals surface area contributed by atoms with Crippen molar-refractivity contribution in [1.29, 1.82) is 0 Å². The molecular formula is C11H9BrClN3O3S. The lowest BCUT2D eigenvalue weighted by Crippen LogP contribution is -2.14. The minimum atomic E-state index is -3.84. The van der Waals surface area contributed by atoms with E-state index in [0.717, 1.165) is 0 Å². The third-order valence-electron chi connectivity index (χ3n) is 2.26. The smallest absolute Gasteiger partial charge is 0.265 e. The van der Waals surface area contributed by atoms with Gasteiger partial charge in [-0.3, -0.25) is 4.72 Å². The largest absolute Gasteiger partial charge is 0.481 e. The van der Waals surface area contributed by atoms with Crippen molar-refractivity contribution in [2.45, 2.75) is 4.90 Å². The normalized spacial score (nSPS) is 11.2. The Labute approximate surface area is 129 Å². The molecule has 2 aromatic rings. The Hall–Kier alpha value is -1.38. The van der Waals surface area contributed by atoms with Crippen molar-refractivity contribution in [3.63, 3.8) is 0 Å². The van der Waals surface area contributed by atoms with Gasteiger partial charge in [0.2, 0.25) is 5.88 Å². The summed E-state index contributed by atoms with van der Waals surface area (Å²) in [6.07, 6.45) is 2.76. The van der Waals surface area contributed by atoms with Crippen LogP contribution in [-0.4, -0.2) is 25.5 Å². The first-order chi connectivity index (χ1) is 9.42. The fourth-order valence-electron chi connectivity index (χ4n) is 1.36. The summed E-state index contributed by atoms with van der Waals surface area (Å²) in [5, 5.41) is -0.109. The van der Waals surface area contributed by atoms with Gasteiger partial charge in [0.05, 0.1) is 19.0 Å². The maximum atomic E-state index is 12.2. The van der Waals surface area contributed by atoms with Crippen LogP contribution < -0.4 is 9.46 Å². The zero-order chi connectivity index (χ0) is 14.8. The summed E-state index contributed by atoms with van der Waals surface area (Å²) in [5.41, 5.74) is 0.293. The number of halogens is 2. The van der Waals surface area contributed by atoms with Gasteiger partial charge in [0.1, 0.15) is 10.0 Å². The third kappa shape index (κ3) is 3.38. The zero-order valence-electron chi connectivity index (χ0n) is 10.2. The predicted molar refractivity (Wildman–Crippen MR) is 78.5 cm³/mol. The lowest BCUT2D eigenvalue weighted by atomic mass is 10.4. The van der Waals surface area contributed by atoms with Gasteiger partial charge in [0, 0.05) is 16.7 Å². The minimum absolute atomic E-state index is 0.109. The Morgan fingerprint density at radius 3 is 2.65 bits per heavy atom. The first-order valence-corrected chi connectivity index (χ1v) is 7.92. The molecule has 106 valence electrons. The standard InChI is InChI=1S/C11H9BrClN3O3S/c1-19-10-3-2-8(6-14-10)16-20(17,18)9-4-7(12)5-15-11(9)13/h2-6,16H,1H3. The summed E-state index contributed by atoms with van der Waals surface area (Å²) >= 11 is 8.96. The van der Waals surface area contributed by atoms with Crippen molar-refractivity contribution < 1.29 is 13.2 Å². The summed E-state index contributed by atoms with van der Waals surface area (Å²) in [6.45, 7) is 0. The van der Waals surface area contributed by atoms with Crippen LogP contribution in [0, 0.1) is 0 Å². The Bertz CT molecular complexity index is 722. The molecule has 2 aromatic heterocycles. The van der Waals surface area contributed by atoms with Crippen LogP contribution in [0.5, 0.6) is 5.88 Å². The molecule has 6 nitrogen and oxygen atoms in total. The van der Waals surface area contributed by atoms with Gasteiger partial charge in [0.25, 0.3) is 10.0 Å². The van der Waals surface area contributed by atoms with Gasteiger partial charge in [-0.1, -0.05) is 11.6 Å². The second-order valence-corrected chi connectivity index (χ2v) is 6.56. The van der Waals surface area contributed by atoms with Crippen molar-refractivity contribution >= 4 is 43.2 Å². The van der Waals surface area contributed by atoms with Crippen molar-refractivity contribution in [2.75, 3.05) is 11.8 Å². The molecule has 0 aromatic carbocycles. The van der Waals surface area contributed by atoms with E-state index in [-0.39, 0.29) is 10.0 Å². The van der Waals surface area contributed by atoms with E-state index in [4.69, 9.17) is 16.3 Å². The van der Waals surface area contributed by atoms with Crippen LogP contribution in [0.3, 0.4) is 0 Å². The molecule has 1 N–H and O–H groups in total. The van der Waals surface area contributed by atoms with Crippen molar-refractivity contribution in [1.82, 2.24) is 9.97 Å². The predicted octanol–water partition coefficient (Wildman–Crippen LogP) is 2.70. The Morgan fingerprint density at radius 1 is 1.30 bits per heavy atom. The number of pyridine rings is 2. The monoisotopic (exact) mass is 377 g/mol. The quantitative estimate of drug-likeness (QED) is 0.827. The molecule has 0 unspecified atom stereocenters. The molecule has 0 aliphatic carbocycles. The van der Waals surface area contributed by atoms with Gasteiger partial charge in [-0.05, 0) is 28.1 Å². The van der Waals surface area contributed by atoms with Crippen LogP contribution in [0.1, 0.15) is 0 Å². The van der Waals surface area contributed by atoms with Gasteiger partial charge in [0.15, 0.2) is 0 Å². The number of hydrogen-bond donors (Lipinski definition) is 1. The van der Waals surface area contributed by atoms with Crippen LogP contribution in [0.25, 0.3) is 0 Å². The topological polar surface area (TPSA) is 81.2 Å². The number of hydrogen-bond acceptors (Lipinski definition) is 5. The highest BCUT2D eigenvalue weighted by atomic mass is 79.9. The number of anilines is 1. The summed E-state index contributed by atoms with van der Waals surface area (Å²) in [7, 11) is -2.37. The molecular weight excluding hydrogens is 370 g/mol. The molecule has 0 atom stereocenters. The molecule has 0 spiro atoms. The summed E-state index contributed by atoms with van der Waals surface area (Å²) in [4.78, 5) is 7.56. The molecule has 0 fully saturated rings. The van der Waals surface area contributed by atoms with Crippen LogP contribution in [0.2, 0.25) is 5.15 Å². The van der Waals surface area contributed by atoms with Crippen molar-refractivity contribution in [2.24, 2.45) is 0 Å². The summed E-state index contributed by atoms with van der Waals surface area (Å²) < 4.78 is 32.2. The second kappa shape index (κ2) is 5.94. The molecule has 20 heavy (non-hydrogen) atoms. The molecule has 0 radical (unpaired) electrons. The highest BCUT2D eigenvalue weighted by Crippen LogP contribution is 2.25.